The van der Waals surface area contributed by atoms with E-state index in [-0.39, 0.29) is 12.6 Å². The number of likely N-dealkylation sites (tertiary alicyclic amines) is 1. The molecular formula is C15H24N2O. The van der Waals surface area contributed by atoms with Crippen molar-refractivity contribution in [2.75, 3.05) is 26.2 Å². The molecule has 0 aromatic heterocycles. The Balaban J connectivity index is 1.70. The minimum Gasteiger partial charge on any atom is -0.395 e. The molecule has 2 rings (SSSR count). The summed E-state index contributed by atoms with van der Waals surface area (Å²) >= 11 is 0. The predicted molar refractivity (Wildman–Crippen MR) is 74.7 cm³/mol. The third-order valence-electron chi connectivity index (χ3n) is 3.63. The van der Waals surface area contributed by atoms with Gasteiger partial charge in [0.05, 0.1) is 6.61 Å². The van der Waals surface area contributed by atoms with Gasteiger partial charge in [-0.1, -0.05) is 30.3 Å². The Hall–Kier alpha value is -0.900. The van der Waals surface area contributed by atoms with Crippen LogP contribution in [0.3, 0.4) is 0 Å². The van der Waals surface area contributed by atoms with Gasteiger partial charge in [-0.3, -0.25) is 0 Å². The van der Waals surface area contributed by atoms with Crippen LogP contribution in [-0.4, -0.2) is 48.3 Å². The van der Waals surface area contributed by atoms with E-state index in [9.17, 15) is 0 Å². The van der Waals surface area contributed by atoms with E-state index in [2.05, 4.69) is 40.5 Å². The second-order valence-electron chi connectivity index (χ2n) is 5.27. The minimum atomic E-state index is 0.212. The average Bonchev–Trinajstić information content (AvgIpc) is 2.85. The number of nitrogens with one attached hydrogen (secondary N) is 1. The highest BCUT2D eigenvalue weighted by atomic mass is 16.3. The van der Waals surface area contributed by atoms with Crippen molar-refractivity contribution in [1.82, 2.24) is 10.2 Å². The first kappa shape index (κ1) is 13.5. The number of hydrogen-bond acceptors (Lipinski definition) is 3. The zero-order valence-corrected chi connectivity index (χ0v) is 11.2. The van der Waals surface area contributed by atoms with Crippen LogP contribution in [0.5, 0.6) is 0 Å². The second-order valence-corrected chi connectivity index (χ2v) is 5.27. The van der Waals surface area contributed by atoms with Gasteiger partial charge in [-0.2, -0.15) is 0 Å². The summed E-state index contributed by atoms with van der Waals surface area (Å²) in [7, 11) is 0. The highest BCUT2D eigenvalue weighted by Crippen LogP contribution is 2.11. The normalized spacial score (nSPS) is 22.2. The Morgan fingerprint density at radius 2 is 2.17 bits per heavy atom. The van der Waals surface area contributed by atoms with E-state index in [1.54, 1.807) is 0 Å². The first-order valence-electron chi connectivity index (χ1n) is 6.91. The van der Waals surface area contributed by atoms with E-state index in [1.807, 2.05) is 6.92 Å². The summed E-state index contributed by atoms with van der Waals surface area (Å²) in [6, 6.07) is 11.4. The lowest BCUT2D eigenvalue weighted by Crippen LogP contribution is -2.40. The molecule has 2 atom stereocenters. The molecule has 100 valence electrons. The van der Waals surface area contributed by atoms with Crippen LogP contribution in [0.4, 0.5) is 0 Å². The Labute approximate surface area is 110 Å². The van der Waals surface area contributed by atoms with Crippen LogP contribution in [0, 0.1) is 0 Å². The fraction of sp³-hybridized carbons (Fsp3) is 0.600. The summed E-state index contributed by atoms with van der Waals surface area (Å²) in [5, 5.41) is 12.5. The third-order valence-corrected chi connectivity index (χ3v) is 3.63. The lowest BCUT2D eigenvalue weighted by atomic mass is 10.1. The molecule has 1 aliphatic rings. The first-order valence-corrected chi connectivity index (χ1v) is 6.91. The molecule has 0 saturated carbocycles. The molecule has 0 amide bonds. The maximum Gasteiger partial charge on any atom is 0.0582 e. The number of hydrogen-bond donors (Lipinski definition) is 2. The van der Waals surface area contributed by atoms with Gasteiger partial charge in [0.15, 0.2) is 0 Å². The van der Waals surface area contributed by atoms with Gasteiger partial charge in [0.25, 0.3) is 0 Å². The molecule has 0 radical (unpaired) electrons. The minimum absolute atomic E-state index is 0.212. The molecule has 3 nitrogen and oxygen atoms in total. The van der Waals surface area contributed by atoms with Crippen molar-refractivity contribution >= 4 is 0 Å². The maximum absolute atomic E-state index is 9.04. The van der Waals surface area contributed by atoms with Gasteiger partial charge < -0.3 is 15.3 Å². The van der Waals surface area contributed by atoms with Gasteiger partial charge in [-0.25, -0.2) is 0 Å². The first-order chi connectivity index (χ1) is 8.78. The topological polar surface area (TPSA) is 35.5 Å². The van der Waals surface area contributed by atoms with Gasteiger partial charge in [0.2, 0.25) is 0 Å². The number of benzene rings is 1. The van der Waals surface area contributed by atoms with Gasteiger partial charge in [0.1, 0.15) is 0 Å². The van der Waals surface area contributed by atoms with Crippen molar-refractivity contribution < 1.29 is 5.11 Å². The lowest BCUT2D eigenvalue weighted by molar-refractivity contribution is 0.238. The molecule has 2 unspecified atom stereocenters. The molecule has 0 bridgehead atoms. The molecule has 1 aromatic rings. The molecule has 1 aliphatic heterocycles. The quantitative estimate of drug-likeness (QED) is 0.796. The summed E-state index contributed by atoms with van der Waals surface area (Å²) in [5.41, 5.74) is 1.41. The van der Waals surface area contributed by atoms with Crippen molar-refractivity contribution in [3.05, 3.63) is 35.9 Å². The second kappa shape index (κ2) is 6.88. The van der Waals surface area contributed by atoms with E-state index >= 15 is 0 Å². The van der Waals surface area contributed by atoms with Crippen LogP contribution >= 0.6 is 0 Å². The Kier molecular flexibility index (Phi) is 5.17. The molecule has 3 heteroatoms. The molecule has 0 aliphatic carbocycles. The van der Waals surface area contributed by atoms with Gasteiger partial charge >= 0.3 is 0 Å². The third kappa shape index (κ3) is 4.09. The maximum atomic E-state index is 9.04. The number of rotatable bonds is 6. The van der Waals surface area contributed by atoms with Crippen LogP contribution in [0.1, 0.15) is 18.9 Å². The van der Waals surface area contributed by atoms with E-state index in [4.69, 9.17) is 5.11 Å². The molecule has 1 heterocycles. The van der Waals surface area contributed by atoms with Gasteiger partial charge in [-0.05, 0) is 31.9 Å². The van der Waals surface area contributed by atoms with Crippen LogP contribution in [0.25, 0.3) is 0 Å². The van der Waals surface area contributed by atoms with Crippen molar-refractivity contribution in [3.8, 4) is 0 Å². The fourth-order valence-electron chi connectivity index (χ4n) is 2.56. The largest absolute Gasteiger partial charge is 0.395 e. The van der Waals surface area contributed by atoms with Crippen molar-refractivity contribution in [2.45, 2.75) is 31.8 Å². The summed E-state index contributed by atoms with van der Waals surface area (Å²) in [6.07, 6.45) is 2.32. The zero-order valence-electron chi connectivity index (χ0n) is 11.2. The summed E-state index contributed by atoms with van der Waals surface area (Å²) < 4.78 is 0. The van der Waals surface area contributed by atoms with Crippen molar-refractivity contribution in [3.63, 3.8) is 0 Å². The van der Waals surface area contributed by atoms with E-state index in [0.717, 1.165) is 19.5 Å². The van der Waals surface area contributed by atoms with Gasteiger partial charge in [0, 0.05) is 25.2 Å². The molecule has 18 heavy (non-hydrogen) atoms. The Morgan fingerprint density at radius 3 is 2.89 bits per heavy atom. The van der Waals surface area contributed by atoms with Crippen molar-refractivity contribution in [1.29, 1.82) is 0 Å². The van der Waals surface area contributed by atoms with Crippen LogP contribution in [-0.2, 0) is 6.42 Å². The molecule has 1 saturated heterocycles. The van der Waals surface area contributed by atoms with E-state index < -0.39 is 0 Å². The molecule has 1 fully saturated rings. The van der Waals surface area contributed by atoms with E-state index in [0.29, 0.717) is 6.04 Å². The predicted octanol–water partition coefficient (Wildman–Crippen LogP) is 1.27. The highest BCUT2D eigenvalue weighted by Gasteiger charge is 2.22. The zero-order chi connectivity index (χ0) is 12.8. The average molecular weight is 248 g/mol. The smallest absolute Gasteiger partial charge is 0.0582 e. The number of nitrogens with zero attached hydrogens (tertiary/aromatic N) is 1. The molecular weight excluding hydrogens is 224 g/mol. The summed E-state index contributed by atoms with van der Waals surface area (Å²) in [6.45, 7) is 5.67. The van der Waals surface area contributed by atoms with Crippen LogP contribution in [0.15, 0.2) is 30.3 Å². The van der Waals surface area contributed by atoms with Crippen LogP contribution in [0.2, 0.25) is 0 Å². The Morgan fingerprint density at radius 1 is 1.39 bits per heavy atom. The highest BCUT2D eigenvalue weighted by molar-refractivity contribution is 5.14. The summed E-state index contributed by atoms with van der Waals surface area (Å²) in [5.74, 6) is 0. The van der Waals surface area contributed by atoms with E-state index in [1.165, 1.54) is 18.5 Å². The SMILES string of the molecule is CC(CO)NC1CCN(CCc2ccccc2)C1. The number of aliphatic hydroxyl groups is 1. The Bertz CT molecular complexity index is 342. The fourth-order valence-corrected chi connectivity index (χ4v) is 2.56. The lowest BCUT2D eigenvalue weighted by Gasteiger charge is -2.19. The summed E-state index contributed by atoms with van der Waals surface area (Å²) in [4.78, 5) is 2.51. The monoisotopic (exact) mass is 248 g/mol. The molecule has 1 aromatic carbocycles. The van der Waals surface area contributed by atoms with Crippen molar-refractivity contribution in [2.24, 2.45) is 0 Å². The van der Waals surface area contributed by atoms with Gasteiger partial charge in [-0.15, -0.1) is 0 Å². The molecule has 2 N–H and O–H groups in total. The van der Waals surface area contributed by atoms with Crippen LogP contribution < -0.4 is 5.32 Å². The number of aliphatic hydroxyl groups excluding tert-OH is 1. The molecule has 0 spiro atoms. The standard InChI is InChI=1S/C15H24N2O/c1-13(12-18)16-15-8-10-17(11-15)9-7-14-5-3-2-4-6-14/h2-6,13,15-16,18H,7-12H2,1H3.